The average Bonchev–Trinajstić information content (AvgIpc) is 2.71. The van der Waals surface area contributed by atoms with Gasteiger partial charge < -0.3 is 20.9 Å². The maximum atomic E-state index is 13.9. The van der Waals surface area contributed by atoms with Gasteiger partial charge in [-0.05, 0) is 36.2 Å². The molecule has 6 nitrogen and oxygen atoms in total. The normalized spacial score (nSPS) is 17.4. The second kappa shape index (κ2) is 9.06. The average molecular weight is 419 g/mol. The summed E-state index contributed by atoms with van der Waals surface area (Å²) in [6, 6.07) is 8.85. The zero-order valence-electron chi connectivity index (χ0n) is 16.8. The summed E-state index contributed by atoms with van der Waals surface area (Å²) < 4.78 is 40.7. The van der Waals surface area contributed by atoms with Crippen LogP contribution in [0, 0.1) is 23.4 Å². The molecular weight excluding hydrogens is 395 g/mol. The van der Waals surface area contributed by atoms with Gasteiger partial charge >= 0.3 is 6.03 Å². The van der Waals surface area contributed by atoms with Crippen LogP contribution in [0.5, 0.6) is 0 Å². The SMILES string of the molecule is CC(C)C1CN(C(=O)Nc2cccc(F)c2)CCN1C(N)=Nc1cccc(F)c1F. The van der Waals surface area contributed by atoms with Gasteiger partial charge in [0.05, 0.1) is 6.04 Å². The standard InChI is InChI=1S/C21H24F3N5O/c1-13(2)18-12-28(21(30)26-15-6-3-5-14(22)11-15)9-10-29(18)20(25)27-17-8-4-7-16(23)19(17)24/h3-8,11,13,18H,9-10,12H2,1-2H3,(H2,25,27)(H,26,30). The molecule has 2 amide bonds. The highest BCUT2D eigenvalue weighted by Gasteiger charge is 2.33. The Balaban J connectivity index is 1.74. The van der Waals surface area contributed by atoms with E-state index in [-0.39, 0.29) is 29.6 Å². The number of nitrogens with two attached hydrogens (primary N) is 1. The molecule has 2 aromatic rings. The van der Waals surface area contributed by atoms with Crippen molar-refractivity contribution in [1.82, 2.24) is 9.80 Å². The number of nitrogens with zero attached hydrogens (tertiary/aromatic N) is 3. The minimum atomic E-state index is -1.06. The number of amides is 2. The molecule has 0 saturated carbocycles. The van der Waals surface area contributed by atoms with Gasteiger partial charge in [-0.2, -0.15) is 0 Å². The number of rotatable bonds is 3. The Labute approximate surface area is 173 Å². The molecule has 1 atom stereocenters. The van der Waals surface area contributed by atoms with Gasteiger partial charge in [0, 0.05) is 25.3 Å². The van der Waals surface area contributed by atoms with Crippen LogP contribution in [0.1, 0.15) is 13.8 Å². The summed E-state index contributed by atoms with van der Waals surface area (Å²) in [7, 11) is 0. The second-order valence-corrected chi connectivity index (χ2v) is 7.43. The molecule has 3 rings (SSSR count). The van der Waals surface area contributed by atoms with Gasteiger partial charge in [0.25, 0.3) is 0 Å². The van der Waals surface area contributed by atoms with E-state index in [0.29, 0.717) is 25.3 Å². The summed E-state index contributed by atoms with van der Waals surface area (Å²) >= 11 is 0. The van der Waals surface area contributed by atoms with E-state index in [4.69, 9.17) is 5.73 Å². The van der Waals surface area contributed by atoms with Gasteiger partial charge in [-0.25, -0.2) is 23.0 Å². The van der Waals surface area contributed by atoms with Crippen LogP contribution < -0.4 is 11.1 Å². The monoisotopic (exact) mass is 419 g/mol. The zero-order chi connectivity index (χ0) is 21.8. The van der Waals surface area contributed by atoms with E-state index in [1.54, 1.807) is 15.9 Å². The molecule has 0 aromatic heterocycles. The molecule has 160 valence electrons. The number of aliphatic imine (C=N–C) groups is 1. The van der Waals surface area contributed by atoms with Crippen LogP contribution in [0.15, 0.2) is 47.5 Å². The van der Waals surface area contributed by atoms with Crippen molar-refractivity contribution in [2.75, 3.05) is 25.0 Å². The largest absolute Gasteiger partial charge is 0.369 e. The van der Waals surface area contributed by atoms with Gasteiger partial charge in [-0.15, -0.1) is 0 Å². The smallest absolute Gasteiger partial charge is 0.321 e. The van der Waals surface area contributed by atoms with Gasteiger partial charge in [0.15, 0.2) is 17.6 Å². The number of guanidine groups is 1. The van der Waals surface area contributed by atoms with Crippen LogP contribution in [-0.4, -0.2) is 47.5 Å². The minimum Gasteiger partial charge on any atom is -0.369 e. The molecular formula is C21H24F3N5O. The molecule has 9 heteroatoms. The molecule has 0 bridgehead atoms. The lowest BCUT2D eigenvalue weighted by Gasteiger charge is -2.43. The molecule has 30 heavy (non-hydrogen) atoms. The summed E-state index contributed by atoms with van der Waals surface area (Å²) in [5.41, 5.74) is 6.30. The first-order valence-corrected chi connectivity index (χ1v) is 9.62. The number of urea groups is 1. The van der Waals surface area contributed by atoms with Crippen molar-refractivity contribution in [2.45, 2.75) is 19.9 Å². The third-order valence-corrected chi connectivity index (χ3v) is 5.01. The van der Waals surface area contributed by atoms with Gasteiger partial charge in [-0.1, -0.05) is 26.0 Å². The highest BCUT2D eigenvalue weighted by Crippen LogP contribution is 2.23. The molecule has 1 saturated heterocycles. The zero-order valence-corrected chi connectivity index (χ0v) is 16.8. The number of hydrogen-bond acceptors (Lipinski definition) is 2. The molecule has 1 fully saturated rings. The van der Waals surface area contributed by atoms with Crippen LogP contribution in [-0.2, 0) is 0 Å². The first kappa shape index (κ1) is 21.5. The third kappa shape index (κ3) is 4.84. The fourth-order valence-corrected chi connectivity index (χ4v) is 3.38. The van der Waals surface area contributed by atoms with Crippen molar-refractivity contribution in [3.63, 3.8) is 0 Å². The van der Waals surface area contributed by atoms with E-state index in [0.717, 1.165) is 6.07 Å². The Morgan fingerprint density at radius 1 is 1.17 bits per heavy atom. The van der Waals surface area contributed by atoms with Gasteiger partial charge in [0.1, 0.15) is 11.5 Å². The third-order valence-electron chi connectivity index (χ3n) is 5.01. The number of halogens is 3. The predicted molar refractivity (Wildman–Crippen MR) is 110 cm³/mol. The van der Waals surface area contributed by atoms with Gasteiger partial charge in [-0.3, -0.25) is 0 Å². The molecule has 0 spiro atoms. The van der Waals surface area contributed by atoms with Crippen molar-refractivity contribution in [3.8, 4) is 0 Å². The van der Waals surface area contributed by atoms with Gasteiger partial charge in [0.2, 0.25) is 0 Å². The lowest BCUT2D eigenvalue weighted by atomic mass is 10.00. The van der Waals surface area contributed by atoms with E-state index in [1.165, 1.54) is 30.3 Å². The van der Waals surface area contributed by atoms with E-state index < -0.39 is 17.5 Å². The summed E-state index contributed by atoms with van der Waals surface area (Å²) in [5, 5.41) is 2.69. The molecule has 1 heterocycles. The Bertz CT molecular complexity index is 950. The number of anilines is 1. The van der Waals surface area contributed by atoms with Crippen LogP contribution >= 0.6 is 0 Å². The Morgan fingerprint density at radius 3 is 2.60 bits per heavy atom. The maximum Gasteiger partial charge on any atom is 0.321 e. The Kier molecular flexibility index (Phi) is 6.49. The first-order chi connectivity index (χ1) is 14.3. The van der Waals surface area contributed by atoms with E-state index in [9.17, 15) is 18.0 Å². The number of benzene rings is 2. The fraction of sp³-hybridized carbons (Fsp3) is 0.333. The van der Waals surface area contributed by atoms with Crippen molar-refractivity contribution >= 4 is 23.4 Å². The summed E-state index contributed by atoms with van der Waals surface area (Å²) in [5.74, 6) is -2.34. The molecule has 0 radical (unpaired) electrons. The first-order valence-electron chi connectivity index (χ1n) is 9.62. The van der Waals surface area contributed by atoms with Crippen LogP contribution in [0.2, 0.25) is 0 Å². The quantitative estimate of drug-likeness (QED) is 0.585. The van der Waals surface area contributed by atoms with Crippen molar-refractivity contribution in [1.29, 1.82) is 0 Å². The summed E-state index contributed by atoms with van der Waals surface area (Å²) in [4.78, 5) is 20.1. The van der Waals surface area contributed by atoms with Crippen molar-refractivity contribution in [2.24, 2.45) is 16.6 Å². The number of piperazine rings is 1. The second-order valence-electron chi connectivity index (χ2n) is 7.43. The molecule has 1 unspecified atom stereocenters. The highest BCUT2D eigenvalue weighted by atomic mass is 19.2. The van der Waals surface area contributed by atoms with E-state index >= 15 is 0 Å². The van der Waals surface area contributed by atoms with Crippen LogP contribution in [0.25, 0.3) is 0 Å². The Hall–Kier alpha value is -3.23. The molecule has 3 N–H and O–H groups in total. The van der Waals surface area contributed by atoms with Crippen molar-refractivity contribution < 1.29 is 18.0 Å². The maximum absolute atomic E-state index is 13.9. The van der Waals surface area contributed by atoms with E-state index in [2.05, 4.69) is 10.3 Å². The Morgan fingerprint density at radius 2 is 1.90 bits per heavy atom. The highest BCUT2D eigenvalue weighted by molar-refractivity contribution is 5.89. The topological polar surface area (TPSA) is 74.0 Å². The van der Waals surface area contributed by atoms with E-state index in [1.807, 2.05) is 13.8 Å². The molecule has 1 aliphatic rings. The van der Waals surface area contributed by atoms with Crippen LogP contribution in [0.4, 0.5) is 29.3 Å². The number of nitrogens with one attached hydrogen (secondary N) is 1. The minimum absolute atomic E-state index is 0.0587. The predicted octanol–water partition coefficient (Wildman–Crippen LogP) is 3.92. The molecule has 0 aliphatic carbocycles. The molecule has 1 aliphatic heterocycles. The number of carbonyl (C=O) groups is 1. The van der Waals surface area contributed by atoms with Crippen molar-refractivity contribution in [3.05, 3.63) is 59.9 Å². The number of hydrogen-bond donors (Lipinski definition) is 2. The number of carbonyl (C=O) groups excluding carboxylic acids is 1. The lowest BCUT2D eigenvalue weighted by Crippen LogP contribution is -2.60. The van der Waals surface area contributed by atoms with Crippen LogP contribution in [0.3, 0.4) is 0 Å². The molecule has 2 aromatic carbocycles. The summed E-state index contributed by atoms with van der Waals surface area (Å²) in [6.07, 6.45) is 0. The summed E-state index contributed by atoms with van der Waals surface area (Å²) in [6.45, 7) is 5.00. The lowest BCUT2D eigenvalue weighted by molar-refractivity contribution is 0.119. The fourth-order valence-electron chi connectivity index (χ4n) is 3.38.